The Kier molecular flexibility index (Phi) is 7.35. The number of carbonyl (C=O) groups is 2. The number of nitrogens with one attached hydrogen (secondary N) is 2. The lowest BCUT2D eigenvalue weighted by Crippen LogP contribution is -3.06. The number of thioether (sulfide) groups is 1. The van der Waals surface area contributed by atoms with Crippen molar-refractivity contribution in [2.45, 2.75) is 43.5 Å². The molecule has 0 spiro atoms. The fraction of sp³-hybridized carbons (Fsp3) is 0.619. The average molecular weight is 409 g/mol. The third-order valence-electron chi connectivity index (χ3n) is 5.62. The maximum Gasteiger partial charge on any atom is 0.255 e. The van der Waals surface area contributed by atoms with Gasteiger partial charge in [-0.1, -0.05) is 25.3 Å². The zero-order chi connectivity index (χ0) is 20.1. The van der Waals surface area contributed by atoms with E-state index < -0.39 is 11.9 Å². The molecule has 1 aliphatic carbocycles. The van der Waals surface area contributed by atoms with Gasteiger partial charge in [-0.3, -0.25) is 9.59 Å². The number of quaternary nitrogens is 1. The van der Waals surface area contributed by atoms with Gasteiger partial charge in [-0.25, -0.2) is 4.39 Å². The van der Waals surface area contributed by atoms with Crippen molar-refractivity contribution in [1.82, 2.24) is 10.2 Å². The van der Waals surface area contributed by atoms with E-state index in [-0.39, 0.29) is 17.2 Å². The number of carbonyl (C=O) groups excluding carboxylic acids is 2. The van der Waals surface area contributed by atoms with E-state index in [0.29, 0.717) is 23.8 Å². The van der Waals surface area contributed by atoms with Crippen LogP contribution < -0.4 is 10.2 Å². The molecule has 28 heavy (non-hydrogen) atoms. The predicted molar refractivity (Wildman–Crippen MR) is 110 cm³/mol. The van der Waals surface area contributed by atoms with Crippen molar-refractivity contribution >= 4 is 23.6 Å². The summed E-state index contributed by atoms with van der Waals surface area (Å²) in [6, 6.07) is 5.30. The van der Waals surface area contributed by atoms with Gasteiger partial charge in [0.05, 0.1) is 32.6 Å². The normalized spacial score (nSPS) is 23.2. The number of halogens is 1. The van der Waals surface area contributed by atoms with Gasteiger partial charge in [-0.2, -0.15) is 0 Å². The van der Waals surface area contributed by atoms with Crippen molar-refractivity contribution in [3.05, 3.63) is 35.6 Å². The SMILES string of the molecule is C[NH+](C)CCNC(=O)[C@H]1CS[C@H](C2CCCCC2)N1C(=O)c1cccc(F)c1. The van der Waals surface area contributed by atoms with Crippen LogP contribution in [0.2, 0.25) is 0 Å². The molecule has 2 atom stereocenters. The van der Waals surface area contributed by atoms with Crippen LogP contribution in [0.1, 0.15) is 42.5 Å². The summed E-state index contributed by atoms with van der Waals surface area (Å²) in [7, 11) is 4.08. The van der Waals surface area contributed by atoms with Crippen LogP contribution in [0.15, 0.2) is 24.3 Å². The Morgan fingerprint density at radius 1 is 1.25 bits per heavy atom. The van der Waals surface area contributed by atoms with E-state index in [1.54, 1.807) is 28.8 Å². The van der Waals surface area contributed by atoms with Gasteiger partial charge in [-0.05, 0) is 37.0 Å². The Morgan fingerprint density at radius 3 is 2.68 bits per heavy atom. The van der Waals surface area contributed by atoms with Crippen LogP contribution in [0.25, 0.3) is 0 Å². The van der Waals surface area contributed by atoms with E-state index in [2.05, 4.69) is 5.32 Å². The Morgan fingerprint density at radius 2 is 2.00 bits per heavy atom. The summed E-state index contributed by atoms with van der Waals surface area (Å²) < 4.78 is 13.7. The van der Waals surface area contributed by atoms with E-state index in [1.807, 2.05) is 14.1 Å². The molecule has 1 aromatic rings. The standard InChI is InChI=1S/C21H30FN3O2S/c1-24(2)12-11-23-19(26)18-14-28-21(15-7-4-3-5-8-15)25(18)20(27)16-9-6-10-17(22)13-16/h6,9-10,13,15,18,21H,3-5,7-8,11-12,14H2,1-2H3,(H,23,26)/p+1/t18-,21-/m1/s1. The van der Waals surface area contributed by atoms with Crippen LogP contribution in [0.4, 0.5) is 4.39 Å². The molecule has 1 saturated carbocycles. The van der Waals surface area contributed by atoms with Crippen molar-refractivity contribution in [3.63, 3.8) is 0 Å². The van der Waals surface area contributed by atoms with Crippen molar-refractivity contribution in [3.8, 4) is 0 Å². The minimum Gasteiger partial charge on any atom is -0.349 e. The highest BCUT2D eigenvalue weighted by atomic mass is 32.2. The molecule has 2 aliphatic rings. The van der Waals surface area contributed by atoms with Crippen LogP contribution in [0, 0.1) is 11.7 Å². The zero-order valence-corrected chi connectivity index (χ0v) is 17.6. The van der Waals surface area contributed by atoms with E-state index in [1.165, 1.54) is 36.3 Å². The van der Waals surface area contributed by atoms with E-state index in [0.717, 1.165) is 19.4 Å². The highest BCUT2D eigenvalue weighted by Gasteiger charge is 2.45. The molecule has 1 saturated heterocycles. The number of hydrogen-bond donors (Lipinski definition) is 2. The molecule has 0 bridgehead atoms. The van der Waals surface area contributed by atoms with Gasteiger partial charge in [0.1, 0.15) is 11.9 Å². The molecule has 1 aliphatic heterocycles. The first-order chi connectivity index (χ1) is 13.5. The highest BCUT2D eigenvalue weighted by Crippen LogP contribution is 2.41. The van der Waals surface area contributed by atoms with Crippen LogP contribution in [-0.4, -0.2) is 61.1 Å². The molecular formula is C21H31FN3O2S+. The molecular weight excluding hydrogens is 377 g/mol. The third kappa shape index (κ3) is 5.06. The maximum atomic E-state index is 13.7. The molecule has 1 heterocycles. The average Bonchev–Trinajstić information content (AvgIpc) is 3.13. The number of hydrogen-bond acceptors (Lipinski definition) is 3. The van der Waals surface area contributed by atoms with Gasteiger partial charge in [0.25, 0.3) is 5.91 Å². The molecule has 0 aromatic heterocycles. The van der Waals surface area contributed by atoms with Crippen LogP contribution >= 0.6 is 11.8 Å². The Bertz CT molecular complexity index is 694. The monoisotopic (exact) mass is 408 g/mol. The van der Waals surface area contributed by atoms with Crippen LogP contribution in [0.5, 0.6) is 0 Å². The van der Waals surface area contributed by atoms with E-state index in [4.69, 9.17) is 0 Å². The summed E-state index contributed by atoms with van der Waals surface area (Å²) >= 11 is 1.71. The number of benzene rings is 1. The lowest BCUT2D eigenvalue weighted by molar-refractivity contribution is -0.856. The summed E-state index contributed by atoms with van der Waals surface area (Å²) in [4.78, 5) is 29.2. The molecule has 2 fully saturated rings. The van der Waals surface area contributed by atoms with Gasteiger partial charge >= 0.3 is 0 Å². The van der Waals surface area contributed by atoms with E-state index >= 15 is 0 Å². The Hall–Kier alpha value is -1.60. The number of nitrogens with zero attached hydrogens (tertiary/aromatic N) is 1. The molecule has 2 amide bonds. The molecule has 154 valence electrons. The van der Waals surface area contributed by atoms with Gasteiger partial charge in [0.2, 0.25) is 5.91 Å². The van der Waals surface area contributed by atoms with Crippen molar-refractivity contribution in [2.75, 3.05) is 32.9 Å². The van der Waals surface area contributed by atoms with Crippen molar-refractivity contribution < 1.29 is 18.9 Å². The fourth-order valence-corrected chi connectivity index (χ4v) is 5.73. The number of rotatable bonds is 6. The van der Waals surface area contributed by atoms with E-state index in [9.17, 15) is 14.0 Å². The second-order valence-corrected chi connectivity index (χ2v) is 9.26. The summed E-state index contributed by atoms with van der Waals surface area (Å²) in [5.41, 5.74) is 0.318. The van der Waals surface area contributed by atoms with Gasteiger partial charge in [0.15, 0.2) is 0 Å². The summed E-state index contributed by atoms with van der Waals surface area (Å²) in [6.45, 7) is 1.41. The van der Waals surface area contributed by atoms with Gasteiger partial charge in [0, 0.05) is 11.3 Å². The molecule has 3 rings (SSSR count). The minimum absolute atomic E-state index is 0.00806. The Labute approximate surface area is 171 Å². The topological polar surface area (TPSA) is 53.9 Å². The zero-order valence-electron chi connectivity index (χ0n) is 16.7. The van der Waals surface area contributed by atoms with Crippen LogP contribution in [0.3, 0.4) is 0 Å². The van der Waals surface area contributed by atoms with Gasteiger partial charge < -0.3 is 15.1 Å². The Balaban J connectivity index is 1.80. The maximum absolute atomic E-state index is 13.7. The second kappa shape index (κ2) is 9.74. The first kappa shape index (κ1) is 21.1. The number of likely N-dealkylation sites (N-methyl/N-ethyl adjacent to an activating group) is 1. The summed E-state index contributed by atoms with van der Waals surface area (Å²) in [6.07, 6.45) is 5.76. The largest absolute Gasteiger partial charge is 0.349 e. The molecule has 2 N–H and O–H groups in total. The minimum atomic E-state index is -0.496. The smallest absolute Gasteiger partial charge is 0.255 e. The molecule has 1 aromatic carbocycles. The van der Waals surface area contributed by atoms with Crippen molar-refractivity contribution in [2.24, 2.45) is 5.92 Å². The van der Waals surface area contributed by atoms with Crippen LogP contribution in [-0.2, 0) is 4.79 Å². The summed E-state index contributed by atoms with van der Waals surface area (Å²) in [5, 5.41) is 2.98. The molecule has 7 heteroatoms. The van der Waals surface area contributed by atoms with Crippen molar-refractivity contribution in [1.29, 1.82) is 0 Å². The third-order valence-corrected chi connectivity index (χ3v) is 7.08. The quantitative estimate of drug-likeness (QED) is 0.751. The fourth-order valence-electron chi connectivity index (χ4n) is 4.09. The lowest BCUT2D eigenvalue weighted by atomic mass is 9.88. The summed E-state index contributed by atoms with van der Waals surface area (Å²) in [5.74, 6) is 0.237. The number of amides is 2. The first-order valence-electron chi connectivity index (χ1n) is 10.2. The lowest BCUT2D eigenvalue weighted by Gasteiger charge is -2.35. The molecule has 0 unspecified atom stereocenters. The second-order valence-electron chi connectivity index (χ2n) is 8.11. The highest BCUT2D eigenvalue weighted by molar-refractivity contribution is 8.00. The molecule has 5 nitrogen and oxygen atoms in total. The predicted octanol–water partition coefficient (Wildman–Crippen LogP) is 1.55. The first-order valence-corrected chi connectivity index (χ1v) is 11.3. The molecule has 0 radical (unpaired) electrons. The van der Waals surface area contributed by atoms with Gasteiger partial charge in [-0.15, -0.1) is 11.8 Å².